The molecule has 0 amide bonds. The monoisotopic (exact) mass is 438 g/mol. The highest BCUT2D eigenvalue weighted by atomic mass is 19.1. The standard InChI is InChI=1S/C23H21F3N6/c24-14-3-4-17(26)16(12-14)19-2-1-9-31(19)21-8-11-32-23(28-21)22-18(29-32)5-6-20(27-22)30-10-7-15(25)13-30/h3-6,8,11-12,15,19H,1-2,7,9-10,13H2/t15-,19-/m1/s1. The fourth-order valence-corrected chi connectivity index (χ4v) is 4.85. The van der Waals surface area contributed by atoms with Gasteiger partial charge in [-0.15, -0.1) is 0 Å². The van der Waals surface area contributed by atoms with Gasteiger partial charge in [0.15, 0.2) is 5.65 Å². The Bertz CT molecular complexity index is 1320. The number of rotatable bonds is 3. The van der Waals surface area contributed by atoms with Crippen molar-refractivity contribution in [3.05, 3.63) is 59.8 Å². The largest absolute Gasteiger partial charge is 0.354 e. The number of pyridine rings is 1. The lowest BCUT2D eigenvalue weighted by molar-refractivity contribution is 0.364. The van der Waals surface area contributed by atoms with Gasteiger partial charge in [-0.1, -0.05) is 0 Å². The fraction of sp³-hybridized carbons (Fsp3) is 0.348. The Morgan fingerprint density at radius 2 is 1.84 bits per heavy atom. The van der Waals surface area contributed by atoms with E-state index in [1.807, 2.05) is 34.2 Å². The summed E-state index contributed by atoms with van der Waals surface area (Å²) in [6.45, 7) is 1.66. The van der Waals surface area contributed by atoms with Gasteiger partial charge in [-0.25, -0.2) is 27.7 Å². The van der Waals surface area contributed by atoms with Crippen molar-refractivity contribution in [1.29, 1.82) is 0 Å². The van der Waals surface area contributed by atoms with E-state index < -0.39 is 17.8 Å². The van der Waals surface area contributed by atoms with Crippen LogP contribution < -0.4 is 9.80 Å². The van der Waals surface area contributed by atoms with Gasteiger partial charge in [-0.05, 0) is 55.7 Å². The van der Waals surface area contributed by atoms with Crippen LogP contribution in [0.1, 0.15) is 30.9 Å². The van der Waals surface area contributed by atoms with Crippen molar-refractivity contribution in [1.82, 2.24) is 19.6 Å². The van der Waals surface area contributed by atoms with E-state index >= 15 is 0 Å². The molecule has 9 heteroatoms. The minimum Gasteiger partial charge on any atom is -0.354 e. The van der Waals surface area contributed by atoms with Crippen LogP contribution in [-0.4, -0.2) is 45.4 Å². The Morgan fingerprint density at radius 1 is 0.938 bits per heavy atom. The van der Waals surface area contributed by atoms with Crippen molar-refractivity contribution < 1.29 is 13.2 Å². The van der Waals surface area contributed by atoms with Gasteiger partial charge in [0, 0.05) is 24.8 Å². The predicted molar refractivity (Wildman–Crippen MR) is 116 cm³/mol. The van der Waals surface area contributed by atoms with Gasteiger partial charge >= 0.3 is 0 Å². The summed E-state index contributed by atoms with van der Waals surface area (Å²) in [5, 5.41) is 4.54. The molecule has 0 saturated carbocycles. The molecule has 32 heavy (non-hydrogen) atoms. The van der Waals surface area contributed by atoms with E-state index in [2.05, 4.69) is 5.10 Å². The smallest absolute Gasteiger partial charge is 0.183 e. The second-order valence-corrected chi connectivity index (χ2v) is 8.44. The van der Waals surface area contributed by atoms with Crippen LogP contribution in [0.15, 0.2) is 42.6 Å². The Labute approximate surface area is 182 Å². The summed E-state index contributed by atoms with van der Waals surface area (Å²) in [6, 6.07) is 8.86. The van der Waals surface area contributed by atoms with Gasteiger partial charge in [0.2, 0.25) is 0 Å². The zero-order chi connectivity index (χ0) is 21.8. The molecule has 5 heterocycles. The van der Waals surface area contributed by atoms with E-state index in [-0.39, 0.29) is 6.04 Å². The maximum Gasteiger partial charge on any atom is 0.183 e. The number of anilines is 2. The Morgan fingerprint density at radius 3 is 2.69 bits per heavy atom. The maximum absolute atomic E-state index is 14.5. The number of hydrogen-bond acceptors (Lipinski definition) is 5. The summed E-state index contributed by atoms with van der Waals surface area (Å²) in [7, 11) is 0. The second-order valence-electron chi connectivity index (χ2n) is 8.44. The lowest BCUT2D eigenvalue weighted by Gasteiger charge is -2.26. The highest BCUT2D eigenvalue weighted by molar-refractivity contribution is 5.89. The van der Waals surface area contributed by atoms with Crippen LogP contribution in [-0.2, 0) is 0 Å². The number of halogens is 3. The summed E-state index contributed by atoms with van der Waals surface area (Å²) in [5.74, 6) is 0.512. The molecule has 0 unspecified atom stereocenters. The molecular formula is C23H21F3N6. The molecule has 2 atom stereocenters. The summed E-state index contributed by atoms with van der Waals surface area (Å²) in [5.41, 5.74) is 2.27. The molecule has 2 aliphatic rings. The molecule has 6 rings (SSSR count). The third-order valence-corrected chi connectivity index (χ3v) is 6.41. The molecule has 0 aliphatic carbocycles. The number of nitrogens with zero attached hydrogens (tertiary/aromatic N) is 6. The van der Waals surface area contributed by atoms with Crippen LogP contribution in [0.5, 0.6) is 0 Å². The van der Waals surface area contributed by atoms with E-state index in [1.54, 1.807) is 4.52 Å². The van der Waals surface area contributed by atoms with Crippen molar-refractivity contribution in [3.63, 3.8) is 0 Å². The molecule has 0 radical (unpaired) electrons. The quantitative estimate of drug-likeness (QED) is 0.473. The third kappa shape index (κ3) is 3.14. The topological polar surface area (TPSA) is 49.6 Å². The zero-order valence-corrected chi connectivity index (χ0v) is 17.3. The van der Waals surface area contributed by atoms with Crippen molar-refractivity contribution in [2.24, 2.45) is 0 Å². The molecule has 6 nitrogen and oxygen atoms in total. The number of aromatic nitrogens is 4. The SMILES string of the molecule is Fc1ccc(F)c([C@H]2CCCN2c2ccn3nc4ccc(N5CC[C@@H](F)C5)nc4c3n2)c1. The first-order chi connectivity index (χ1) is 15.6. The van der Waals surface area contributed by atoms with Gasteiger partial charge in [0.05, 0.1) is 12.6 Å². The minimum atomic E-state index is -0.837. The highest BCUT2D eigenvalue weighted by Crippen LogP contribution is 2.37. The molecule has 164 valence electrons. The van der Waals surface area contributed by atoms with Gasteiger partial charge < -0.3 is 9.80 Å². The molecule has 2 saturated heterocycles. The van der Waals surface area contributed by atoms with Crippen LogP contribution in [0.25, 0.3) is 16.7 Å². The molecule has 0 bridgehead atoms. The molecule has 2 aliphatic heterocycles. The lowest BCUT2D eigenvalue weighted by atomic mass is 10.0. The number of benzene rings is 1. The molecule has 1 aromatic carbocycles. The van der Waals surface area contributed by atoms with Crippen LogP contribution in [0.3, 0.4) is 0 Å². The zero-order valence-electron chi connectivity index (χ0n) is 17.3. The summed E-state index contributed by atoms with van der Waals surface area (Å²) in [4.78, 5) is 13.5. The summed E-state index contributed by atoms with van der Waals surface area (Å²) in [6.07, 6.45) is 3.05. The third-order valence-electron chi connectivity index (χ3n) is 6.41. The first-order valence-corrected chi connectivity index (χ1v) is 10.8. The summed E-state index contributed by atoms with van der Waals surface area (Å²) < 4.78 is 43.6. The van der Waals surface area contributed by atoms with Crippen molar-refractivity contribution >= 4 is 28.3 Å². The second kappa shape index (κ2) is 7.36. The van der Waals surface area contributed by atoms with E-state index in [0.717, 1.165) is 18.9 Å². The van der Waals surface area contributed by atoms with Gasteiger partial charge in [0.1, 0.15) is 40.5 Å². The van der Waals surface area contributed by atoms with Crippen LogP contribution >= 0.6 is 0 Å². The van der Waals surface area contributed by atoms with Crippen LogP contribution in [0.4, 0.5) is 24.8 Å². The molecule has 3 aromatic heterocycles. The molecule has 4 aromatic rings. The van der Waals surface area contributed by atoms with Crippen molar-refractivity contribution in [2.45, 2.75) is 31.5 Å². The average Bonchev–Trinajstić information content (AvgIpc) is 3.52. The van der Waals surface area contributed by atoms with Crippen LogP contribution in [0, 0.1) is 11.6 Å². The first kappa shape index (κ1) is 19.3. The fourth-order valence-electron chi connectivity index (χ4n) is 4.85. The first-order valence-electron chi connectivity index (χ1n) is 10.8. The van der Waals surface area contributed by atoms with E-state index in [9.17, 15) is 13.2 Å². The predicted octanol–water partition coefficient (Wildman–Crippen LogP) is 4.45. The Balaban J connectivity index is 1.41. The van der Waals surface area contributed by atoms with Crippen molar-refractivity contribution in [3.8, 4) is 0 Å². The highest BCUT2D eigenvalue weighted by Gasteiger charge is 2.30. The average molecular weight is 438 g/mol. The normalized spacial score (nSPS) is 21.3. The van der Waals surface area contributed by atoms with E-state index in [4.69, 9.17) is 9.97 Å². The van der Waals surface area contributed by atoms with Gasteiger partial charge in [0.25, 0.3) is 0 Å². The molecule has 2 fully saturated rings. The minimum absolute atomic E-state index is 0.288. The Hall–Kier alpha value is -3.36. The Kier molecular flexibility index (Phi) is 4.44. The lowest BCUT2D eigenvalue weighted by Crippen LogP contribution is -2.24. The van der Waals surface area contributed by atoms with Crippen molar-refractivity contribution in [2.75, 3.05) is 29.4 Å². The number of alkyl halides is 1. The molecular weight excluding hydrogens is 417 g/mol. The van der Waals surface area contributed by atoms with Gasteiger partial charge in [-0.3, -0.25) is 0 Å². The molecule has 0 spiro atoms. The molecule has 0 N–H and O–H groups in total. The van der Waals surface area contributed by atoms with E-state index in [1.165, 1.54) is 12.1 Å². The maximum atomic E-state index is 14.5. The number of hydrogen-bond donors (Lipinski definition) is 0. The van der Waals surface area contributed by atoms with Gasteiger partial charge in [-0.2, -0.15) is 5.10 Å². The van der Waals surface area contributed by atoms with Crippen LogP contribution in [0.2, 0.25) is 0 Å². The number of fused-ring (bicyclic) bond motifs is 3. The summed E-state index contributed by atoms with van der Waals surface area (Å²) >= 11 is 0. The van der Waals surface area contributed by atoms with E-state index in [0.29, 0.717) is 59.9 Å².